The zero-order valence-electron chi connectivity index (χ0n) is 5.51. The van der Waals surface area contributed by atoms with Crippen LogP contribution in [0, 0.1) is 17.1 Å². The van der Waals surface area contributed by atoms with E-state index in [0.29, 0.717) is 0 Å². The molecule has 4 heteroatoms. The Hall–Kier alpha value is -1.14. The lowest BCUT2D eigenvalue weighted by Crippen LogP contribution is -1.91. The molecule has 0 aromatic carbocycles. The van der Waals surface area contributed by atoms with Crippen molar-refractivity contribution in [2.24, 2.45) is 0 Å². The third-order valence-electron chi connectivity index (χ3n) is 1.16. The van der Waals surface area contributed by atoms with Crippen LogP contribution >= 0.6 is 11.6 Å². The van der Waals surface area contributed by atoms with Crippen LogP contribution in [0.1, 0.15) is 5.69 Å². The minimum absolute atomic E-state index is 0.0383. The van der Waals surface area contributed by atoms with E-state index in [2.05, 4.69) is 4.98 Å². The summed E-state index contributed by atoms with van der Waals surface area (Å²) in [5, 5.41) is 8.20. The van der Waals surface area contributed by atoms with Gasteiger partial charge in [0.05, 0.1) is 23.2 Å². The lowest BCUT2D eigenvalue weighted by atomic mass is 10.3. The Labute approximate surface area is 68.2 Å². The molecule has 0 saturated carbocycles. The van der Waals surface area contributed by atoms with Crippen molar-refractivity contribution < 1.29 is 4.39 Å². The number of rotatable bonds is 1. The van der Waals surface area contributed by atoms with Crippen LogP contribution in [-0.2, 0) is 6.42 Å². The highest BCUT2D eigenvalue weighted by atomic mass is 35.5. The Balaban J connectivity index is 3.08. The number of nitriles is 1. The number of nitrogens with zero attached hydrogens (tertiary/aromatic N) is 2. The van der Waals surface area contributed by atoms with Crippen LogP contribution in [0.5, 0.6) is 0 Å². The summed E-state index contributed by atoms with van der Waals surface area (Å²) >= 11 is 5.48. The maximum Gasteiger partial charge on any atom is 0.145 e. The predicted molar refractivity (Wildman–Crippen MR) is 38.5 cm³/mol. The molecule has 0 spiro atoms. The van der Waals surface area contributed by atoms with Crippen molar-refractivity contribution in [3.05, 3.63) is 28.8 Å². The first-order valence-electron chi connectivity index (χ1n) is 2.91. The Kier molecular flexibility index (Phi) is 2.40. The van der Waals surface area contributed by atoms with Crippen LogP contribution in [0.15, 0.2) is 12.3 Å². The molecular formula is C7H4ClFN2. The molecule has 0 aliphatic rings. The van der Waals surface area contributed by atoms with E-state index in [1.807, 2.05) is 6.07 Å². The average Bonchev–Trinajstić information content (AvgIpc) is 1.99. The molecule has 0 saturated heterocycles. The lowest BCUT2D eigenvalue weighted by Gasteiger charge is -1.96. The molecule has 0 N–H and O–H groups in total. The summed E-state index contributed by atoms with van der Waals surface area (Å²) in [6, 6.07) is 2.99. The molecule has 0 aliphatic carbocycles. The highest BCUT2D eigenvalue weighted by Crippen LogP contribution is 2.16. The average molecular weight is 171 g/mol. The summed E-state index contributed by atoms with van der Waals surface area (Å²) in [6.45, 7) is 0. The van der Waals surface area contributed by atoms with Gasteiger partial charge in [0.2, 0.25) is 0 Å². The molecule has 56 valence electrons. The molecule has 0 aliphatic heterocycles. The monoisotopic (exact) mass is 170 g/mol. The number of hydrogen-bond donors (Lipinski definition) is 0. The summed E-state index contributed by atoms with van der Waals surface area (Å²) in [5.74, 6) is -0.535. The van der Waals surface area contributed by atoms with Gasteiger partial charge in [-0.15, -0.1) is 0 Å². The van der Waals surface area contributed by atoms with Gasteiger partial charge in [-0.2, -0.15) is 5.26 Å². The van der Waals surface area contributed by atoms with E-state index in [1.54, 1.807) is 0 Å². The van der Waals surface area contributed by atoms with E-state index in [1.165, 1.54) is 6.20 Å². The van der Waals surface area contributed by atoms with Crippen LogP contribution in [0.25, 0.3) is 0 Å². The van der Waals surface area contributed by atoms with Gasteiger partial charge < -0.3 is 0 Å². The van der Waals surface area contributed by atoms with Gasteiger partial charge in [-0.1, -0.05) is 11.6 Å². The smallest absolute Gasteiger partial charge is 0.145 e. The summed E-state index contributed by atoms with van der Waals surface area (Å²) in [7, 11) is 0. The van der Waals surface area contributed by atoms with E-state index in [-0.39, 0.29) is 17.1 Å². The molecule has 0 bridgehead atoms. The molecule has 11 heavy (non-hydrogen) atoms. The van der Waals surface area contributed by atoms with Gasteiger partial charge in [0, 0.05) is 6.20 Å². The molecule has 1 aromatic heterocycles. The first-order valence-corrected chi connectivity index (χ1v) is 3.29. The largest absolute Gasteiger partial charge is 0.258 e. The zero-order chi connectivity index (χ0) is 8.27. The Bertz CT molecular complexity index is 306. The number of aromatic nitrogens is 1. The topological polar surface area (TPSA) is 36.7 Å². The van der Waals surface area contributed by atoms with Gasteiger partial charge in [0.1, 0.15) is 5.82 Å². The first-order chi connectivity index (χ1) is 5.25. The van der Waals surface area contributed by atoms with Gasteiger partial charge in [0.15, 0.2) is 0 Å². The van der Waals surface area contributed by atoms with Gasteiger partial charge in [0.25, 0.3) is 0 Å². The van der Waals surface area contributed by atoms with Crippen LogP contribution in [0.2, 0.25) is 5.02 Å². The van der Waals surface area contributed by atoms with E-state index in [4.69, 9.17) is 16.9 Å². The Morgan fingerprint density at radius 1 is 1.73 bits per heavy atom. The minimum Gasteiger partial charge on any atom is -0.258 e. The van der Waals surface area contributed by atoms with Gasteiger partial charge in [-0.25, -0.2) is 4.39 Å². The predicted octanol–water partition coefficient (Wildman–Crippen LogP) is 1.94. The first kappa shape index (κ1) is 7.96. The van der Waals surface area contributed by atoms with Crippen molar-refractivity contribution >= 4 is 11.6 Å². The van der Waals surface area contributed by atoms with Crippen molar-refractivity contribution in [2.45, 2.75) is 6.42 Å². The van der Waals surface area contributed by atoms with Crippen LogP contribution < -0.4 is 0 Å². The molecule has 0 atom stereocenters. The van der Waals surface area contributed by atoms with Crippen LogP contribution in [-0.4, -0.2) is 4.98 Å². The van der Waals surface area contributed by atoms with Gasteiger partial charge >= 0.3 is 0 Å². The standard InChI is InChI=1S/C7H4ClFN2/c8-7-5(9)2-4-11-6(7)1-3-10/h2,4H,1H2. The SMILES string of the molecule is N#CCc1nccc(F)c1Cl. The van der Waals surface area contributed by atoms with Crippen LogP contribution in [0.3, 0.4) is 0 Å². The molecule has 2 nitrogen and oxygen atoms in total. The maximum absolute atomic E-state index is 12.6. The van der Waals surface area contributed by atoms with E-state index < -0.39 is 5.82 Å². The molecule has 0 amide bonds. The van der Waals surface area contributed by atoms with E-state index in [0.717, 1.165) is 6.07 Å². The van der Waals surface area contributed by atoms with Crippen molar-refractivity contribution in [1.29, 1.82) is 5.26 Å². The summed E-state index contributed by atoms with van der Waals surface area (Å²) in [6.07, 6.45) is 1.32. The minimum atomic E-state index is -0.535. The fourth-order valence-corrected chi connectivity index (χ4v) is 0.837. The summed E-state index contributed by atoms with van der Waals surface area (Å²) in [5.41, 5.74) is 0.286. The highest BCUT2D eigenvalue weighted by molar-refractivity contribution is 6.31. The normalized spacial score (nSPS) is 9.18. The fourth-order valence-electron chi connectivity index (χ4n) is 0.658. The molecule has 1 aromatic rings. The Morgan fingerprint density at radius 3 is 3.09 bits per heavy atom. The van der Waals surface area contributed by atoms with E-state index >= 15 is 0 Å². The second-order valence-electron chi connectivity index (χ2n) is 1.89. The number of halogens is 2. The molecule has 0 unspecified atom stereocenters. The number of hydrogen-bond acceptors (Lipinski definition) is 2. The molecular weight excluding hydrogens is 167 g/mol. The second kappa shape index (κ2) is 3.31. The highest BCUT2D eigenvalue weighted by Gasteiger charge is 2.05. The second-order valence-corrected chi connectivity index (χ2v) is 2.27. The van der Waals surface area contributed by atoms with Gasteiger partial charge in [-0.3, -0.25) is 4.98 Å². The van der Waals surface area contributed by atoms with Crippen molar-refractivity contribution in [3.63, 3.8) is 0 Å². The summed E-state index contributed by atoms with van der Waals surface area (Å²) in [4.78, 5) is 3.73. The van der Waals surface area contributed by atoms with Crippen LogP contribution in [0.4, 0.5) is 4.39 Å². The summed E-state index contributed by atoms with van der Waals surface area (Å²) < 4.78 is 12.6. The molecule has 1 rings (SSSR count). The molecule has 0 fully saturated rings. The van der Waals surface area contributed by atoms with E-state index in [9.17, 15) is 4.39 Å². The third kappa shape index (κ3) is 1.66. The Morgan fingerprint density at radius 2 is 2.45 bits per heavy atom. The molecule has 1 heterocycles. The quantitative estimate of drug-likeness (QED) is 0.646. The van der Waals surface area contributed by atoms with Gasteiger partial charge in [-0.05, 0) is 6.07 Å². The number of pyridine rings is 1. The molecule has 0 radical (unpaired) electrons. The fraction of sp³-hybridized carbons (Fsp3) is 0.143. The van der Waals surface area contributed by atoms with Crippen molar-refractivity contribution in [1.82, 2.24) is 4.98 Å². The zero-order valence-corrected chi connectivity index (χ0v) is 6.27. The van der Waals surface area contributed by atoms with Crippen molar-refractivity contribution in [3.8, 4) is 6.07 Å². The lowest BCUT2D eigenvalue weighted by molar-refractivity contribution is 0.623. The maximum atomic E-state index is 12.6. The van der Waals surface area contributed by atoms with Crippen molar-refractivity contribution in [2.75, 3.05) is 0 Å². The third-order valence-corrected chi connectivity index (χ3v) is 1.56.